The lowest BCUT2D eigenvalue weighted by atomic mass is 10.1. The first kappa shape index (κ1) is 15.5. The molecule has 1 aromatic carbocycles. The van der Waals surface area contributed by atoms with E-state index in [1.807, 2.05) is 6.92 Å². The summed E-state index contributed by atoms with van der Waals surface area (Å²) in [5, 5.41) is 0. The molecule has 1 aromatic rings. The Morgan fingerprint density at radius 1 is 1.21 bits per heavy atom. The summed E-state index contributed by atoms with van der Waals surface area (Å²) in [5.41, 5.74) is 0.284. The third-order valence-electron chi connectivity index (χ3n) is 2.58. The second-order valence-electron chi connectivity index (χ2n) is 4.26. The first-order valence-corrected chi connectivity index (χ1v) is 6.25. The molecule has 0 saturated heterocycles. The Morgan fingerprint density at radius 3 is 2.37 bits per heavy atom. The number of rotatable bonds is 7. The summed E-state index contributed by atoms with van der Waals surface area (Å²) in [6.45, 7) is 2.64. The smallest absolute Gasteiger partial charge is 0.389 e. The molecule has 5 heteroatoms. The summed E-state index contributed by atoms with van der Waals surface area (Å²) < 4.78 is 41.4. The van der Waals surface area contributed by atoms with E-state index in [2.05, 4.69) is 0 Å². The van der Waals surface area contributed by atoms with Crippen LogP contribution in [0.3, 0.4) is 0 Å². The summed E-state index contributed by atoms with van der Waals surface area (Å²) in [5.74, 6) is 0.123. The van der Waals surface area contributed by atoms with Crippen LogP contribution in [0.1, 0.15) is 43.0 Å². The molecule has 0 amide bonds. The van der Waals surface area contributed by atoms with Crippen molar-refractivity contribution >= 4 is 5.78 Å². The van der Waals surface area contributed by atoms with Crippen molar-refractivity contribution in [2.24, 2.45) is 0 Å². The first-order chi connectivity index (χ1) is 8.92. The van der Waals surface area contributed by atoms with Crippen molar-refractivity contribution in [2.75, 3.05) is 6.61 Å². The van der Waals surface area contributed by atoms with Gasteiger partial charge in [-0.15, -0.1) is 0 Å². The topological polar surface area (TPSA) is 26.3 Å². The fraction of sp³-hybridized carbons (Fsp3) is 0.500. The van der Waals surface area contributed by atoms with Crippen LogP contribution >= 0.6 is 0 Å². The van der Waals surface area contributed by atoms with Crippen LogP contribution in [-0.4, -0.2) is 18.6 Å². The van der Waals surface area contributed by atoms with Crippen LogP contribution in [0.4, 0.5) is 13.2 Å². The number of halogens is 3. The van der Waals surface area contributed by atoms with Gasteiger partial charge in [0.15, 0.2) is 5.78 Å². The van der Waals surface area contributed by atoms with Gasteiger partial charge in [0.25, 0.3) is 0 Å². The number of carbonyl (C=O) groups is 1. The largest absolute Gasteiger partial charge is 0.494 e. The van der Waals surface area contributed by atoms with Gasteiger partial charge < -0.3 is 4.74 Å². The van der Waals surface area contributed by atoms with Gasteiger partial charge in [-0.2, -0.15) is 13.2 Å². The van der Waals surface area contributed by atoms with E-state index >= 15 is 0 Å². The second-order valence-corrected chi connectivity index (χ2v) is 4.26. The predicted octanol–water partition coefficient (Wildman–Crippen LogP) is 4.39. The Morgan fingerprint density at radius 2 is 1.84 bits per heavy atom. The number of Topliss-reactive ketones (excluding diaryl/α,β-unsaturated/α-hetero) is 1. The molecule has 0 radical (unpaired) electrons. The fourth-order valence-corrected chi connectivity index (χ4v) is 1.47. The van der Waals surface area contributed by atoms with Crippen molar-refractivity contribution in [1.29, 1.82) is 0 Å². The highest BCUT2D eigenvalue weighted by atomic mass is 19.4. The molecule has 0 N–H and O–H groups in total. The molecule has 0 aromatic heterocycles. The number of benzene rings is 1. The molecule has 1 rings (SSSR count). The van der Waals surface area contributed by atoms with Gasteiger partial charge in [0.1, 0.15) is 5.75 Å². The number of ketones is 1. The van der Waals surface area contributed by atoms with Gasteiger partial charge in [-0.25, -0.2) is 0 Å². The lowest BCUT2D eigenvalue weighted by Gasteiger charge is -2.07. The van der Waals surface area contributed by atoms with Crippen molar-refractivity contribution in [2.45, 2.75) is 38.8 Å². The molecule has 2 nitrogen and oxygen atoms in total. The highest BCUT2D eigenvalue weighted by Crippen LogP contribution is 2.23. The van der Waals surface area contributed by atoms with Crippen molar-refractivity contribution in [3.05, 3.63) is 29.8 Å². The lowest BCUT2D eigenvalue weighted by molar-refractivity contribution is -0.133. The maximum Gasteiger partial charge on any atom is 0.389 e. The van der Waals surface area contributed by atoms with E-state index in [4.69, 9.17) is 4.74 Å². The van der Waals surface area contributed by atoms with Gasteiger partial charge in [-0.3, -0.25) is 4.79 Å². The van der Waals surface area contributed by atoms with E-state index in [0.717, 1.165) is 12.8 Å². The van der Waals surface area contributed by atoms with Crippen LogP contribution in [0.5, 0.6) is 5.75 Å². The quantitative estimate of drug-likeness (QED) is 0.544. The molecule has 0 fully saturated rings. The maximum atomic E-state index is 12.0. The normalized spacial score (nSPS) is 11.4. The van der Waals surface area contributed by atoms with E-state index in [1.165, 1.54) is 12.1 Å². The highest BCUT2D eigenvalue weighted by Gasteiger charge is 2.28. The Labute approximate surface area is 110 Å². The summed E-state index contributed by atoms with van der Waals surface area (Å²) in [6.07, 6.45) is -3.93. The molecule has 0 atom stereocenters. The van der Waals surface area contributed by atoms with Crippen LogP contribution < -0.4 is 4.74 Å². The summed E-state index contributed by atoms with van der Waals surface area (Å²) in [4.78, 5) is 11.5. The fourth-order valence-electron chi connectivity index (χ4n) is 1.47. The Kier molecular flexibility index (Phi) is 5.86. The van der Waals surface area contributed by atoms with Gasteiger partial charge in [0.05, 0.1) is 13.0 Å². The summed E-state index contributed by atoms with van der Waals surface area (Å²) >= 11 is 0. The zero-order valence-corrected chi connectivity index (χ0v) is 10.8. The van der Waals surface area contributed by atoms with Crippen molar-refractivity contribution < 1.29 is 22.7 Å². The zero-order valence-electron chi connectivity index (χ0n) is 10.8. The van der Waals surface area contributed by atoms with Crippen molar-refractivity contribution in [3.8, 4) is 5.75 Å². The second kappa shape index (κ2) is 7.16. The van der Waals surface area contributed by atoms with Crippen LogP contribution in [0.25, 0.3) is 0 Å². The van der Waals surface area contributed by atoms with Gasteiger partial charge >= 0.3 is 6.18 Å². The number of ether oxygens (including phenoxy) is 1. The monoisotopic (exact) mass is 274 g/mol. The maximum absolute atomic E-state index is 12.0. The number of unbranched alkanes of at least 4 members (excludes halogenated alkanes) is 1. The molecule has 0 aliphatic carbocycles. The number of alkyl halides is 3. The minimum absolute atomic E-state index is 0.284. The highest BCUT2D eigenvalue weighted by molar-refractivity contribution is 5.96. The molecule has 19 heavy (non-hydrogen) atoms. The third kappa shape index (κ3) is 6.27. The molecule has 0 spiro atoms. The molecular weight excluding hydrogens is 257 g/mol. The number of hydrogen-bond acceptors (Lipinski definition) is 2. The predicted molar refractivity (Wildman–Crippen MR) is 66.5 cm³/mol. The SMILES string of the molecule is CCCCOc1ccc(C(=O)CCC(F)(F)F)cc1. The molecule has 0 bridgehead atoms. The lowest BCUT2D eigenvalue weighted by Crippen LogP contribution is -2.10. The Balaban J connectivity index is 2.48. The summed E-state index contributed by atoms with van der Waals surface area (Å²) in [6, 6.07) is 6.22. The number of carbonyl (C=O) groups excluding carboxylic acids is 1. The van der Waals surface area contributed by atoms with Gasteiger partial charge in [0.2, 0.25) is 0 Å². The van der Waals surface area contributed by atoms with E-state index < -0.39 is 24.8 Å². The van der Waals surface area contributed by atoms with E-state index in [0.29, 0.717) is 12.4 Å². The van der Waals surface area contributed by atoms with Crippen LogP contribution in [-0.2, 0) is 0 Å². The van der Waals surface area contributed by atoms with Crippen LogP contribution in [0.2, 0.25) is 0 Å². The Bertz CT molecular complexity index is 396. The molecule has 0 unspecified atom stereocenters. The first-order valence-electron chi connectivity index (χ1n) is 6.25. The Hall–Kier alpha value is -1.52. The third-order valence-corrected chi connectivity index (χ3v) is 2.58. The minimum Gasteiger partial charge on any atom is -0.494 e. The molecule has 106 valence electrons. The van der Waals surface area contributed by atoms with Crippen LogP contribution in [0, 0.1) is 0 Å². The van der Waals surface area contributed by atoms with Gasteiger partial charge in [-0.1, -0.05) is 13.3 Å². The van der Waals surface area contributed by atoms with E-state index in [1.54, 1.807) is 12.1 Å². The summed E-state index contributed by atoms with van der Waals surface area (Å²) in [7, 11) is 0. The van der Waals surface area contributed by atoms with Gasteiger partial charge in [0, 0.05) is 12.0 Å². The average molecular weight is 274 g/mol. The molecule has 0 saturated carbocycles. The van der Waals surface area contributed by atoms with Crippen molar-refractivity contribution in [1.82, 2.24) is 0 Å². The molecule has 0 aliphatic heterocycles. The van der Waals surface area contributed by atoms with Crippen LogP contribution in [0.15, 0.2) is 24.3 Å². The molecular formula is C14H17F3O2. The number of hydrogen-bond donors (Lipinski definition) is 0. The van der Waals surface area contributed by atoms with E-state index in [9.17, 15) is 18.0 Å². The zero-order chi connectivity index (χ0) is 14.3. The molecule has 0 aliphatic rings. The van der Waals surface area contributed by atoms with Crippen molar-refractivity contribution in [3.63, 3.8) is 0 Å². The van der Waals surface area contributed by atoms with E-state index in [-0.39, 0.29) is 5.56 Å². The average Bonchev–Trinajstić information content (AvgIpc) is 2.36. The molecule has 0 heterocycles. The standard InChI is InChI=1S/C14H17F3O2/c1-2-3-10-19-12-6-4-11(5-7-12)13(18)8-9-14(15,16)17/h4-7H,2-3,8-10H2,1H3. The minimum atomic E-state index is -4.29. The van der Waals surface area contributed by atoms with Gasteiger partial charge in [-0.05, 0) is 30.7 Å².